The minimum absolute atomic E-state index is 0.339. The third kappa shape index (κ3) is 4.37. The Labute approximate surface area is 168 Å². The molecule has 0 atom stereocenters. The molecule has 0 aliphatic rings. The van der Waals surface area contributed by atoms with Crippen LogP contribution in [0.5, 0.6) is 0 Å². The third-order valence-electron chi connectivity index (χ3n) is 4.25. The molecule has 4 rings (SSSR count). The number of benzene rings is 1. The van der Waals surface area contributed by atoms with Crippen molar-refractivity contribution in [2.75, 3.05) is 5.32 Å². The topological polar surface area (TPSA) is 77.6 Å². The second kappa shape index (κ2) is 7.82. The molecule has 1 aromatic carbocycles. The van der Waals surface area contributed by atoms with Crippen LogP contribution in [0.2, 0.25) is 0 Å². The van der Waals surface area contributed by atoms with Gasteiger partial charge in [-0.05, 0) is 48.0 Å². The van der Waals surface area contributed by atoms with E-state index in [4.69, 9.17) is 0 Å². The molecule has 0 aliphatic heterocycles. The van der Waals surface area contributed by atoms with Gasteiger partial charge in [-0.25, -0.2) is 4.68 Å². The fraction of sp³-hybridized carbons (Fsp3) is 0.100. The molecule has 0 unspecified atom stereocenters. The normalized spacial score (nSPS) is 11.4. The van der Waals surface area contributed by atoms with Crippen LogP contribution in [0.15, 0.2) is 73.3 Å². The summed E-state index contributed by atoms with van der Waals surface area (Å²) in [6.45, 7) is 0.539. The van der Waals surface area contributed by atoms with Crippen LogP contribution in [0, 0.1) is 0 Å². The fourth-order valence-electron chi connectivity index (χ4n) is 2.76. The number of rotatable bonds is 5. The van der Waals surface area contributed by atoms with Gasteiger partial charge in [-0.15, -0.1) is 0 Å². The van der Waals surface area contributed by atoms with Gasteiger partial charge in [0, 0.05) is 36.4 Å². The first-order valence-corrected chi connectivity index (χ1v) is 8.85. The highest BCUT2D eigenvalue weighted by molar-refractivity contribution is 6.03. The number of aromatic nitrogens is 5. The average molecular weight is 412 g/mol. The zero-order valence-electron chi connectivity index (χ0n) is 15.4. The van der Waals surface area contributed by atoms with Crippen molar-refractivity contribution >= 4 is 11.7 Å². The van der Waals surface area contributed by atoms with Gasteiger partial charge in [-0.1, -0.05) is 0 Å². The van der Waals surface area contributed by atoms with E-state index in [1.54, 1.807) is 29.3 Å². The highest BCUT2D eigenvalue weighted by Gasteiger charge is 2.33. The maximum Gasteiger partial charge on any atom is 0.435 e. The molecule has 0 bridgehead atoms. The lowest BCUT2D eigenvalue weighted by atomic mass is 10.2. The first kappa shape index (κ1) is 19.4. The Morgan fingerprint density at radius 3 is 2.33 bits per heavy atom. The Kier molecular flexibility index (Phi) is 5.05. The van der Waals surface area contributed by atoms with Crippen LogP contribution >= 0.6 is 0 Å². The van der Waals surface area contributed by atoms with E-state index in [1.807, 2.05) is 12.1 Å². The van der Waals surface area contributed by atoms with E-state index in [9.17, 15) is 18.0 Å². The Morgan fingerprint density at radius 1 is 0.933 bits per heavy atom. The van der Waals surface area contributed by atoms with E-state index in [0.717, 1.165) is 16.3 Å². The number of halogens is 3. The Hall–Kier alpha value is -3.95. The summed E-state index contributed by atoms with van der Waals surface area (Å²) in [6.07, 6.45) is 1.84. The quantitative estimate of drug-likeness (QED) is 0.541. The molecule has 0 radical (unpaired) electrons. The summed E-state index contributed by atoms with van der Waals surface area (Å²) in [7, 11) is 0. The van der Waals surface area contributed by atoms with Crippen LogP contribution in [0.1, 0.15) is 21.6 Å². The number of amides is 1. The van der Waals surface area contributed by atoms with Crippen LogP contribution < -0.4 is 5.32 Å². The molecule has 0 saturated heterocycles. The van der Waals surface area contributed by atoms with Crippen molar-refractivity contribution in [1.29, 1.82) is 0 Å². The van der Waals surface area contributed by atoms with E-state index < -0.39 is 11.9 Å². The van der Waals surface area contributed by atoms with Crippen LogP contribution in [0.4, 0.5) is 19.0 Å². The molecule has 10 heteroatoms. The van der Waals surface area contributed by atoms with Crippen molar-refractivity contribution in [2.24, 2.45) is 0 Å². The molecule has 30 heavy (non-hydrogen) atoms. The standard InChI is InChI=1S/C20H15F3N6O/c21-20(22,23)17-7-12-29(26-17)16-3-1-15(2-4-16)19(30)25-18-8-11-28(27-18)13-14-5-9-24-10-6-14/h1-12H,13H2,(H,25,27,30). The monoisotopic (exact) mass is 412 g/mol. The lowest BCUT2D eigenvalue weighted by Gasteiger charge is -2.06. The predicted molar refractivity (Wildman–Crippen MR) is 102 cm³/mol. The lowest BCUT2D eigenvalue weighted by molar-refractivity contribution is -0.141. The highest BCUT2D eigenvalue weighted by Crippen LogP contribution is 2.27. The van der Waals surface area contributed by atoms with Crippen molar-refractivity contribution in [1.82, 2.24) is 24.5 Å². The molecule has 1 amide bonds. The van der Waals surface area contributed by atoms with Crippen molar-refractivity contribution < 1.29 is 18.0 Å². The average Bonchev–Trinajstić information content (AvgIpc) is 3.39. The highest BCUT2D eigenvalue weighted by atomic mass is 19.4. The number of anilines is 1. The first-order chi connectivity index (χ1) is 14.4. The fourth-order valence-corrected chi connectivity index (χ4v) is 2.76. The zero-order valence-corrected chi connectivity index (χ0v) is 15.4. The summed E-state index contributed by atoms with van der Waals surface area (Å²) in [5.74, 6) is 0.00665. The van der Waals surface area contributed by atoms with Crippen LogP contribution in [0.3, 0.4) is 0 Å². The molecule has 3 heterocycles. The van der Waals surface area contributed by atoms with Gasteiger partial charge in [-0.2, -0.15) is 23.4 Å². The molecule has 1 N–H and O–H groups in total. The number of alkyl halides is 3. The van der Waals surface area contributed by atoms with Crippen molar-refractivity contribution in [3.63, 3.8) is 0 Å². The Morgan fingerprint density at radius 2 is 1.67 bits per heavy atom. The Balaban J connectivity index is 1.41. The molecule has 3 aromatic heterocycles. The molecule has 0 spiro atoms. The SMILES string of the molecule is O=C(Nc1ccn(Cc2ccncc2)n1)c1ccc(-n2ccc(C(F)(F)F)n2)cc1. The Bertz CT molecular complexity index is 1150. The summed E-state index contributed by atoms with van der Waals surface area (Å²) in [4.78, 5) is 16.4. The second-order valence-electron chi connectivity index (χ2n) is 6.40. The van der Waals surface area contributed by atoms with Gasteiger partial charge in [0.25, 0.3) is 5.91 Å². The van der Waals surface area contributed by atoms with Gasteiger partial charge in [0.2, 0.25) is 0 Å². The number of hydrogen-bond acceptors (Lipinski definition) is 4. The summed E-state index contributed by atoms with van der Waals surface area (Å²) in [6, 6.07) is 12.4. The summed E-state index contributed by atoms with van der Waals surface area (Å²) < 4.78 is 40.8. The number of carbonyl (C=O) groups is 1. The molecule has 152 valence electrons. The van der Waals surface area contributed by atoms with E-state index in [-0.39, 0.29) is 5.91 Å². The number of nitrogens with one attached hydrogen (secondary N) is 1. The van der Waals surface area contributed by atoms with Gasteiger partial charge < -0.3 is 5.32 Å². The van der Waals surface area contributed by atoms with Crippen LogP contribution in [-0.4, -0.2) is 30.5 Å². The van der Waals surface area contributed by atoms with Crippen LogP contribution in [-0.2, 0) is 12.7 Å². The molecule has 0 fully saturated rings. The molecular formula is C20H15F3N6O. The van der Waals surface area contributed by atoms with Crippen molar-refractivity contribution in [3.05, 3.63) is 90.1 Å². The second-order valence-corrected chi connectivity index (χ2v) is 6.40. The molecule has 4 aromatic rings. The maximum absolute atomic E-state index is 12.7. The minimum Gasteiger partial charge on any atom is -0.305 e. The minimum atomic E-state index is -4.51. The van der Waals surface area contributed by atoms with E-state index in [0.29, 0.717) is 23.6 Å². The van der Waals surface area contributed by atoms with E-state index in [2.05, 4.69) is 20.5 Å². The zero-order chi connectivity index (χ0) is 21.1. The van der Waals surface area contributed by atoms with E-state index in [1.165, 1.54) is 30.5 Å². The number of carbonyl (C=O) groups excluding carboxylic acids is 1. The summed E-state index contributed by atoms with van der Waals surface area (Å²) in [5, 5.41) is 10.5. The summed E-state index contributed by atoms with van der Waals surface area (Å²) >= 11 is 0. The first-order valence-electron chi connectivity index (χ1n) is 8.85. The van der Waals surface area contributed by atoms with Gasteiger partial charge >= 0.3 is 6.18 Å². The summed E-state index contributed by atoms with van der Waals surface area (Å²) in [5.41, 5.74) is 0.787. The van der Waals surface area contributed by atoms with Crippen molar-refractivity contribution in [3.8, 4) is 5.69 Å². The smallest absolute Gasteiger partial charge is 0.305 e. The number of nitrogens with zero attached hydrogens (tertiary/aromatic N) is 5. The van der Waals surface area contributed by atoms with Gasteiger partial charge in [-0.3, -0.25) is 14.5 Å². The molecule has 0 saturated carbocycles. The maximum atomic E-state index is 12.7. The lowest BCUT2D eigenvalue weighted by Crippen LogP contribution is -2.13. The third-order valence-corrected chi connectivity index (χ3v) is 4.25. The number of hydrogen-bond donors (Lipinski definition) is 1. The van der Waals surface area contributed by atoms with Gasteiger partial charge in [0.1, 0.15) is 0 Å². The molecular weight excluding hydrogens is 397 g/mol. The molecule has 0 aliphatic carbocycles. The van der Waals surface area contributed by atoms with Crippen LogP contribution in [0.25, 0.3) is 5.69 Å². The predicted octanol–water partition coefficient (Wildman–Crippen LogP) is 3.78. The van der Waals surface area contributed by atoms with E-state index >= 15 is 0 Å². The van der Waals surface area contributed by atoms with Gasteiger partial charge in [0.15, 0.2) is 11.5 Å². The molecule has 7 nitrogen and oxygen atoms in total. The largest absolute Gasteiger partial charge is 0.435 e. The van der Waals surface area contributed by atoms with Crippen molar-refractivity contribution in [2.45, 2.75) is 12.7 Å². The number of pyridine rings is 1. The van der Waals surface area contributed by atoms with Gasteiger partial charge in [0.05, 0.1) is 12.2 Å².